The standard InChI is InChI=1S/C27H14ClN3O2/c28-27-30-25(15-12-13-17-16-6-1-3-9-20(16)33-23(17)14-15)29-26(31-27)19-8-5-11-22-24(19)18-7-2-4-10-21(18)32-22/h1-14H. The molecule has 4 aromatic carbocycles. The van der Waals surface area contributed by atoms with Crippen molar-refractivity contribution in [2.45, 2.75) is 0 Å². The number of halogens is 1. The van der Waals surface area contributed by atoms with E-state index in [1.807, 2.05) is 78.9 Å². The lowest BCUT2D eigenvalue weighted by Gasteiger charge is -2.06. The van der Waals surface area contributed by atoms with Gasteiger partial charge in [0.15, 0.2) is 11.6 Å². The normalized spacial score (nSPS) is 11.8. The zero-order chi connectivity index (χ0) is 21.9. The Bertz CT molecular complexity index is 1850. The van der Waals surface area contributed by atoms with Crippen molar-refractivity contribution in [3.8, 4) is 22.8 Å². The second-order valence-electron chi connectivity index (χ2n) is 7.84. The maximum Gasteiger partial charge on any atom is 0.226 e. The Morgan fingerprint density at radius 1 is 0.545 bits per heavy atom. The molecule has 0 N–H and O–H groups in total. The number of para-hydroxylation sites is 2. The van der Waals surface area contributed by atoms with Crippen molar-refractivity contribution in [3.63, 3.8) is 0 Å². The van der Waals surface area contributed by atoms with E-state index < -0.39 is 0 Å². The summed E-state index contributed by atoms with van der Waals surface area (Å²) in [5, 5.41) is 4.21. The van der Waals surface area contributed by atoms with Gasteiger partial charge in [0, 0.05) is 32.7 Å². The van der Waals surface area contributed by atoms with Crippen molar-refractivity contribution in [2.75, 3.05) is 0 Å². The van der Waals surface area contributed by atoms with Gasteiger partial charge in [0.05, 0.1) is 0 Å². The number of nitrogens with zero attached hydrogens (tertiary/aromatic N) is 3. The van der Waals surface area contributed by atoms with Crippen LogP contribution in [0.2, 0.25) is 5.28 Å². The van der Waals surface area contributed by atoms with E-state index in [0.29, 0.717) is 11.6 Å². The van der Waals surface area contributed by atoms with Gasteiger partial charge in [-0.2, -0.15) is 9.97 Å². The quantitative estimate of drug-likeness (QED) is 0.272. The Morgan fingerprint density at radius 2 is 1.21 bits per heavy atom. The van der Waals surface area contributed by atoms with Crippen molar-refractivity contribution >= 4 is 55.5 Å². The van der Waals surface area contributed by atoms with Gasteiger partial charge in [0.25, 0.3) is 0 Å². The Balaban J connectivity index is 1.44. The Labute approximate surface area is 192 Å². The molecule has 0 bridgehead atoms. The molecule has 0 aliphatic heterocycles. The summed E-state index contributed by atoms with van der Waals surface area (Å²) in [6.07, 6.45) is 0. The SMILES string of the molecule is Clc1nc(-c2ccc3c(c2)oc2ccccc23)nc(-c2cccc3oc4ccccc4c23)n1. The van der Waals surface area contributed by atoms with Crippen molar-refractivity contribution in [2.24, 2.45) is 0 Å². The van der Waals surface area contributed by atoms with Crippen LogP contribution in [0.4, 0.5) is 0 Å². The number of fused-ring (bicyclic) bond motifs is 6. The van der Waals surface area contributed by atoms with E-state index in [0.717, 1.165) is 55.0 Å². The maximum atomic E-state index is 6.37. The summed E-state index contributed by atoms with van der Waals surface area (Å²) in [6.45, 7) is 0. The van der Waals surface area contributed by atoms with Crippen LogP contribution >= 0.6 is 11.6 Å². The first kappa shape index (κ1) is 18.4. The summed E-state index contributed by atoms with van der Waals surface area (Å²) in [6, 6.07) is 27.7. The van der Waals surface area contributed by atoms with Crippen LogP contribution < -0.4 is 0 Å². The maximum absolute atomic E-state index is 6.37. The van der Waals surface area contributed by atoms with Crippen molar-refractivity contribution < 1.29 is 8.83 Å². The molecule has 6 heteroatoms. The van der Waals surface area contributed by atoms with Crippen molar-refractivity contribution in [1.29, 1.82) is 0 Å². The lowest BCUT2D eigenvalue weighted by molar-refractivity contribution is 0.668. The first-order valence-corrected chi connectivity index (χ1v) is 10.9. The summed E-state index contributed by atoms with van der Waals surface area (Å²) in [5.74, 6) is 0.976. The van der Waals surface area contributed by atoms with E-state index in [1.54, 1.807) is 0 Å². The van der Waals surface area contributed by atoms with E-state index in [1.165, 1.54) is 0 Å². The Kier molecular flexibility index (Phi) is 3.83. The number of rotatable bonds is 2. The van der Waals surface area contributed by atoms with Gasteiger partial charge in [0.2, 0.25) is 5.28 Å². The fraction of sp³-hybridized carbons (Fsp3) is 0. The second kappa shape index (κ2) is 6.89. The molecule has 0 radical (unpaired) electrons. The number of hydrogen-bond donors (Lipinski definition) is 0. The topological polar surface area (TPSA) is 65.0 Å². The van der Waals surface area contributed by atoms with Gasteiger partial charge in [-0.05, 0) is 41.9 Å². The van der Waals surface area contributed by atoms with Crippen LogP contribution in [0.1, 0.15) is 0 Å². The fourth-order valence-electron chi connectivity index (χ4n) is 4.43. The lowest BCUT2D eigenvalue weighted by Crippen LogP contribution is -1.97. The summed E-state index contributed by atoms with van der Waals surface area (Å²) >= 11 is 6.37. The van der Waals surface area contributed by atoms with E-state index >= 15 is 0 Å². The number of benzene rings is 4. The van der Waals surface area contributed by atoms with Crippen LogP contribution in [0.3, 0.4) is 0 Å². The zero-order valence-corrected chi connectivity index (χ0v) is 17.9. The van der Waals surface area contributed by atoms with Crippen LogP contribution in [0.25, 0.3) is 66.7 Å². The van der Waals surface area contributed by atoms with E-state index in [2.05, 4.69) is 16.0 Å². The molecule has 0 atom stereocenters. The number of hydrogen-bond acceptors (Lipinski definition) is 5. The Hall–Kier alpha value is -4.22. The third-order valence-electron chi connectivity index (χ3n) is 5.89. The highest BCUT2D eigenvalue weighted by Crippen LogP contribution is 2.36. The van der Waals surface area contributed by atoms with Crippen molar-refractivity contribution in [3.05, 3.63) is 90.2 Å². The first-order chi connectivity index (χ1) is 16.2. The molecule has 0 fully saturated rings. The summed E-state index contributed by atoms with van der Waals surface area (Å²) in [5.41, 5.74) is 4.85. The molecule has 7 aromatic rings. The molecule has 0 spiro atoms. The average Bonchev–Trinajstić information content (AvgIpc) is 3.41. The molecule has 0 aliphatic carbocycles. The van der Waals surface area contributed by atoms with Gasteiger partial charge in [-0.25, -0.2) is 4.98 Å². The summed E-state index contributed by atoms with van der Waals surface area (Å²) < 4.78 is 12.1. The van der Waals surface area contributed by atoms with Crippen molar-refractivity contribution in [1.82, 2.24) is 15.0 Å². The van der Waals surface area contributed by atoms with Gasteiger partial charge < -0.3 is 8.83 Å². The highest BCUT2D eigenvalue weighted by molar-refractivity contribution is 6.28. The zero-order valence-electron chi connectivity index (χ0n) is 17.1. The molecule has 5 nitrogen and oxygen atoms in total. The molecule has 0 unspecified atom stereocenters. The third kappa shape index (κ3) is 2.83. The smallest absolute Gasteiger partial charge is 0.226 e. The molecule has 3 aromatic heterocycles. The number of furan rings is 2. The molecule has 3 heterocycles. The minimum Gasteiger partial charge on any atom is -0.456 e. The van der Waals surface area contributed by atoms with Crippen LogP contribution in [0.15, 0.2) is 93.8 Å². The molecule has 0 saturated carbocycles. The molecule has 156 valence electrons. The van der Waals surface area contributed by atoms with E-state index in [-0.39, 0.29) is 5.28 Å². The number of aromatic nitrogens is 3. The first-order valence-electron chi connectivity index (χ1n) is 10.5. The third-order valence-corrected chi connectivity index (χ3v) is 6.06. The lowest BCUT2D eigenvalue weighted by atomic mass is 10.1. The predicted molar refractivity (Wildman–Crippen MR) is 130 cm³/mol. The largest absolute Gasteiger partial charge is 0.456 e. The van der Waals surface area contributed by atoms with Crippen LogP contribution in [-0.2, 0) is 0 Å². The molecular weight excluding hydrogens is 434 g/mol. The highest BCUT2D eigenvalue weighted by atomic mass is 35.5. The predicted octanol–water partition coefficient (Wildman–Crippen LogP) is 7.66. The van der Waals surface area contributed by atoms with E-state index in [4.69, 9.17) is 25.4 Å². The molecular formula is C27H14ClN3O2. The average molecular weight is 448 g/mol. The second-order valence-corrected chi connectivity index (χ2v) is 8.18. The monoisotopic (exact) mass is 447 g/mol. The van der Waals surface area contributed by atoms with Gasteiger partial charge in [0.1, 0.15) is 22.3 Å². The molecule has 33 heavy (non-hydrogen) atoms. The van der Waals surface area contributed by atoms with Gasteiger partial charge in [-0.1, -0.05) is 54.6 Å². The van der Waals surface area contributed by atoms with E-state index in [9.17, 15) is 0 Å². The minimum absolute atomic E-state index is 0.129. The Morgan fingerprint density at radius 3 is 2.09 bits per heavy atom. The molecule has 0 saturated heterocycles. The van der Waals surface area contributed by atoms with Crippen LogP contribution in [0.5, 0.6) is 0 Å². The summed E-state index contributed by atoms with van der Waals surface area (Å²) in [7, 11) is 0. The van der Waals surface area contributed by atoms with Gasteiger partial charge in [-0.15, -0.1) is 0 Å². The van der Waals surface area contributed by atoms with Crippen LogP contribution in [-0.4, -0.2) is 15.0 Å². The molecule has 7 rings (SSSR count). The molecule has 0 aliphatic rings. The van der Waals surface area contributed by atoms with Crippen LogP contribution in [0, 0.1) is 0 Å². The molecule has 0 amide bonds. The fourth-order valence-corrected chi connectivity index (χ4v) is 4.59. The van der Waals surface area contributed by atoms with Gasteiger partial charge >= 0.3 is 0 Å². The van der Waals surface area contributed by atoms with Gasteiger partial charge in [-0.3, -0.25) is 0 Å². The summed E-state index contributed by atoms with van der Waals surface area (Å²) in [4.78, 5) is 13.6. The minimum atomic E-state index is 0.129. The highest BCUT2D eigenvalue weighted by Gasteiger charge is 2.17.